The summed E-state index contributed by atoms with van der Waals surface area (Å²) in [4.78, 5) is 0. The van der Waals surface area contributed by atoms with Crippen LogP contribution in [0, 0.1) is 0 Å². The van der Waals surface area contributed by atoms with Gasteiger partial charge in [-0.15, -0.1) is 0 Å². The summed E-state index contributed by atoms with van der Waals surface area (Å²) in [6, 6.07) is 12.2. The number of aromatic hydroxyl groups is 1. The summed E-state index contributed by atoms with van der Waals surface area (Å²) in [6.45, 7) is 5.23. The maximum absolute atomic E-state index is 10.8. The number of benzene rings is 2. The van der Waals surface area contributed by atoms with E-state index < -0.39 is 0 Å². The van der Waals surface area contributed by atoms with E-state index in [2.05, 4.69) is 43.4 Å². The van der Waals surface area contributed by atoms with E-state index in [1.54, 1.807) is 20.3 Å². The first kappa shape index (κ1) is 20.5. The maximum atomic E-state index is 10.8. The fourth-order valence-corrected chi connectivity index (χ4v) is 5.13. The van der Waals surface area contributed by atoms with Gasteiger partial charge in [-0.05, 0) is 30.4 Å². The molecule has 2 aromatic rings. The number of hydrogen-bond donors (Lipinski definition) is 2. The molecule has 0 saturated carbocycles. The van der Waals surface area contributed by atoms with Gasteiger partial charge in [0.1, 0.15) is 5.75 Å². The average molecular weight is 375 g/mol. The molecule has 0 bridgehead atoms. The van der Waals surface area contributed by atoms with Crippen LogP contribution in [0.1, 0.15) is 37.8 Å². The van der Waals surface area contributed by atoms with Gasteiger partial charge in [0.05, 0.1) is 14.2 Å². The molecule has 2 aromatic carbocycles. The molecular weight excluding hydrogens is 345 g/mol. The molecule has 0 spiro atoms. The van der Waals surface area contributed by atoms with Crippen LogP contribution in [-0.2, 0) is 11.7 Å². The lowest BCUT2D eigenvalue weighted by atomic mass is 9.93. The maximum Gasteiger partial charge on any atom is 0.164 e. The minimum Gasteiger partial charge on any atom is -0.504 e. The second-order valence-corrected chi connectivity index (χ2v) is 8.51. The standard InChI is InChI=1S/C21H30NO3P/c1-6-11-21(2,26-19-10-8-7-9-15(19)14-22-3)17-12-16(24-4)13-18(25-5)20(17)23/h7-10,12-13,22-23,26H,6,11,14H2,1-5H3. The van der Waals surface area contributed by atoms with Gasteiger partial charge in [-0.25, -0.2) is 0 Å². The molecule has 2 atom stereocenters. The van der Waals surface area contributed by atoms with Crippen LogP contribution in [0.5, 0.6) is 17.2 Å². The zero-order chi connectivity index (χ0) is 19.2. The number of rotatable bonds is 9. The number of phenols is 1. The van der Waals surface area contributed by atoms with E-state index in [0.29, 0.717) is 20.1 Å². The van der Waals surface area contributed by atoms with Crippen molar-refractivity contribution in [1.82, 2.24) is 5.32 Å². The monoisotopic (exact) mass is 375 g/mol. The Morgan fingerprint density at radius 2 is 1.88 bits per heavy atom. The Kier molecular flexibility index (Phi) is 7.31. The van der Waals surface area contributed by atoms with Crippen molar-refractivity contribution in [2.75, 3.05) is 21.3 Å². The highest BCUT2D eigenvalue weighted by Gasteiger charge is 2.32. The van der Waals surface area contributed by atoms with E-state index in [-0.39, 0.29) is 10.9 Å². The molecule has 4 nitrogen and oxygen atoms in total. The van der Waals surface area contributed by atoms with Crippen molar-refractivity contribution in [2.45, 2.75) is 38.4 Å². The summed E-state index contributed by atoms with van der Waals surface area (Å²) < 4.78 is 10.8. The van der Waals surface area contributed by atoms with Crippen molar-refractivity contribution >= 4 is 13.9 Å². The molecule has 5 heteroatoms. The van der Waals surface area contributed by atoms with Crippen molar-refractivity contribution in [1.29, 1.82) is 0 Å². The fourth-order valence-electron chi connectivity index (χ4n) is 3.33. The Morgan fingerprint density at radius 1 is 1.15 bits per heavy atom. The van der Waals surface area contributed by atoms with Gasteiger partial charge < -0.3 is 19.9 Å². The molecule has 0 saturated heterocycles. The molecule has 0 aromatic heterocycles. The smallest absolute Gasteiger partial charge is 0.164 e. The number of nitrogens with one attached hydrogen (secondary N) is 1. The summed E-state index contributed by atoms with van der Waals surface area (Å²) in [5, 5.41) is 15.2. The minimum absolute atomic E-state index is 0.204. The second-order valence-electron chi connectivity index (χ2n) is 6.62. The summed E-state index contributed by atoms with van der Waals surface area (Å²) >= 11 is 0. The first-order chi connectivity index (χ1) is 12.5. The molecule has 2 rings (SSSR count). The Labute approximate surface area is 158 Å². The summed E-state index contributed by atoms with van der Waals surface area (Å²) in [6.07, 6.45) is 1.99. The molecule has 0 aliphatic carbocycles. The molecular formula is C21H30NO3P. The van der Waals surface area contributed by atoms with Crippen molar-refractivity contribution < 1.29 is 14.6 Å². The van der Waals surface area contributed by atoms with E-state index >= 15 is 0 Å². The van der Waals surface area contributed by atoms with Crippen LogP contribution < -0.4 is 20.1 Å². The van der Waals surface area contributed by atoms with Crippen molar-refractivity contribution in [3.05, 3.63) is 47.5 Å². The van der Waals surface area contributed by atoms with Crippen molar-refractivity contribution in [2.24, 2.45) is 0 Å². The molecule has 0 amide bonds. The Balaban J connectivity index is 2.54. The number of ether oxygens (including phenoxy) is 2. The van der Waals surface area contributed by atoms with Gasteiger partial charge in [0.2, 0.25) is 0 Å². The summed E-state index contributed by atoms with van der Waals surface area (Å²) in [5.74, 6) is 1.36. The lowest BCUT2D eigenvalue weighted by Crippen LogP contribution is -2.22. The van der Waals surface area contributed by atoms with Crippen LogP contribution in [0.15, 0.2) is 36.4 Å². The highest BCUT2D eigenvalue weighted by atomic mass is 31.1. The molecule has 0 heterocycles. The summed E-state index contributed by atoms with van der Waals surface area (Å²) in [7, 11) is 5.69. The zero-order valence-electron chi connectivity index (χ0n) is 16.3. The Hall–Kier alpha value is -1.77. The van der Waals surface area contributed by atoms with Crippen LogP contribution in [0.3, 0.4) is 0 Å². The number of methoxy groups -OCH3 is 2. The van der Waals surface area contributed by atoms with Gasteiger partial charge in [0.15, 0.2) is 11.5 Å². The topological polar surface area (TPSA) is 50.7 Å². The van der Waals surface area contributed by atoms with Gasteiger partial charge >= 0.3 is 0 Å². The van der Waals surface area contributed by atoms with Crippen LogP contribution in [-0.4, -0.2) is 26.4 Å². The average Bonchev–Trinajstić information content (AvgIpc) is 2.64. The van der Waals surface area contributed by atoms with Gasteiger partial charge in [-0.3, -0.25) is 0 Å². The van der Waals surface area contributed by atoms with Gasteiger partial charge in [-0.1, -0.05) is 53.1 Å². The predicted molar refractivity (Wildman–Crippen MR) is 111 cm³/mol. The van der Waals surface area contributed by atoms with Crippen LogP contribution in [0.25, 0.3) is 0 Å². The third-order valence-electron chi connectivity index (χ3n) is 4.64. The largest absolute Gasteiger partial charge is 0.504 e. The van der Waals surface area contributed by atoms with E-state index in [0.717, 1.165) is 24.9 Å². The molecule has 0 aliphatic rings. The Morgan fingerprint density at radius 3 is 2.50 bits per heavy atom. The third-order valence-corrected chi connectivity index (χ3v) is 6.47. The van der Waals surface area contributed by atoms with Gasteiger partial charge in [0.25, 0.3) is 0 Å². The minimum atomic E-state index is -0.204. The summed E-state index contributed by atoms with van der Waals surface area (Å²) in [5.41, 5.74) is 2.18. The van der Waals surface area contributed by atoms with Crippen molar-refractivity contribution in [3.63, 3.8) is 0 Å². The molecule has 2 N–H and O–H groups in total. The molecule has 2 unspecified atom stereocenters. The van der Waals surface area contributed by atoms with E-state index in [1.165, 1.54) is 10.9 Å². The van der Waals surface area contributed by atoms with Crippen molar-refractivity contribution in [3.8, 4) is 17.2 Å². The molecule has 0 aliphatic heterocycles. The SMILES string of the molecule is CCCC(C)(Pc1ccccc1CNC)c1cc(OC)cc(OC)c1O. The van der Waals surface area contributed by atoms with Crippen LogP contribution in [0.2, 0.25) is 0 Å². The van der Waals surface area contributed by atoms with E-state index in [4.69, 9.17) is 9.47 Å². The number of phenolic OH excluding ortho intramolecular Hbond substituents is 1. The van der Waals surface area contributed by atoms with Gasteiger partial charge in [0, 0.05) is 23.3 Å². The molecule has 0 radical (unpaired) electrons. The second kappa shape index (κ2) is 9.25. The van der Waals surface area contributed by atoms with Crippen LogP contribution >= 0.6 is 8.58 Å². The zero-order valence-corrected chi connectivity index (χ0v) is 17.3. The highest BCUT2D eigenvalue weighted by Crippen LogP contribution is 2.51. The first-order valence-corrected chi connectivity index (χ1v) is 9.95. The predicted octanol–water partition coefficient (Wildman–Crippen LogP) is 4.15. The van der Waals surface area contributed by atoms with Crippen LogP contribution in [0.4, 0.5) is 0 Å². The molecule has 0 fully saturated rings. The third kappa shape index (κ3) is 4.49. The fraction of sp³-hybridized carbons (Fsp3) is 0.429. The quantitative estimate of drug-likeness (QED) is 0.647. The Bertz CT molecular complexity index is 735. The lowest BCUT2D eigenvalue weighted by Gasteiger charge is -2.32. The van der Waals surface area contributed by atoms with E-state index in [1.807, 2.05) is 13.1 Å². The highest BCUT2D eigenvalue weighted by molar-refractivity contribution is 7.48. The molecule has 142 valence electrons. The lowest BCUT2D eigenvalue weighted by molar-refractivity contribution is 0.357. The van der Waals surface area contributed by atoms with Gasteiger partial charge in [-0.2, -0.15) is 0 Å². The molecule has 26 heavy (non-hydrogen) atoms. The first-order valence-electron chi connectivity index (χ1n) is 8.95. The number of hydrogen-bond acceptors (Lipinski definition) is 4. The van der Waals surface area contributed by atoms with E-state index in [9.17, 15) is 5.11 Å². The normalized spacial score (nSPS) is 13.7.